The summed E-state index contributed by atoms with van der Waals surface area (Å²) in [6.07, 6.45) is -0.972. The molecule has 1 atom stereocenters. The van der Waals surface area contributed by atoms with E-state index >= 15 is 0 Å². The number of benzene rings is 1. The van der Waals surface area contributed by atoms with Gasteiger partial charge in [-0.1, -0.05) is 0 Å². The molecule has 0 radical (unpaired) electrons. The average Bonchev–Trinajstić information content (AvgIpc) is 2.44. The van der Waals surface area contributed by atoms with Crippen LogP contribution < -0.4 is 10.5 Å². The van der Waals surface area contributed by atoms with Crippen LogP contribution in [-0.4, -0.2) is 31.7 Å². The number of methoxy groups -OCH3 is 1. The molecule has 110 valence electrons. The number of nitrogens with two attached hydrogens (primary N) is 1. The molecule has 0 saturated carbocycles. The second kappa shape index (κ2) is 7.49. The Kier molecular flexibility index (Phi) is 5.99. The second-order valence-electron chi connectivity index (χ2n) is 4.11. The third kappa shape index (κ3) is 4.24. The standard InChI is InChI=1S/C14H19NO5/c1-4-19-8-11-7-10(5-6-12(11)18-3)14(17)20-9(2)13(15)16/h5-7,9H,4,8H2,1-3H3,(H2,15,16)/t9-/m0/s1. The Bertz CT molecular complexity index is 486. The van der Waals surface area contributed by atoms with Gasteiger partial charge in [0.2, 0.25) is 0 Å². The summed E-state index contributed by atoms with van der Waals surface area (Å²) in [6, 6.07) is 4.83. The number of ether oxygens (including phenoxy) is 3. The molecule has 0 aliphatic rings. The van der Waals surface area contributed by atoms with E-state index in [1.165, 1.54) is 14.0 Å². The molecule has 0 heterocycles. The molecule has 0 saturated heterocycles. The Hall–Kier alpha value is -2.08. The minimum absolute atomic E-state index is 0.314. The van der Waals surface area contributed by atoms with Gasteiger partial charge in [-0.25, -0.2) is 4.79 Å². The van der Waals surface area contributed by atoms with Crippen LogP contribution in [0.4, 0.5) is 0 Å². The van der Waals surface area contributed by atoms with Crippen molar-refractivity contribution in [3.05, 3.63) is 29.3 Å². The first-order valence-corrected chi connectivity index (χ1v) is 6.24. The molecule has 20 heavy (non-hydrogen) atoms. The van der Waals surface area contributed by atoms with E-state index in [4.69, 9.17) is 19.9 Å². The van der Waals surface area contributed by atoms with E-state index in [0.717, 1.165) is 5.56 Å². The maximum Gasteiger partial charge on any atom is 0.338 e. The fourth-order valence-corrected chi connectivity index (χ4v) is 1.52. The summed E-state index contributed by atoms with van der Waals surface area (Å²) in [4.78, 5) is 22.8. The first-order valence-electron chi connectivity index (χ1n) is 6.24. The number of rotatable bonds is 7. The lowest BCUT2D eigenvalue weighted by Gasteiger charge is -2.12. The van der Waals surface area contributed by atoms with Crippen LogP contribution in [0.5, 0.6) is 5.75 Å². The number of primary amides is 1. The number of esters is 1. The molecule has 0 bridgehead atoms. The van der Waals surface area contributed by atoms with Crippen LogP contribution >= 0.6 is 0 Å². The smallest absolute Gasteiger partial charge is 0.338 e. The molecule has 0 unspecified atom stereocenters. The summed E-state index contributed by atoms with van der Waals surface area (Å²) in [7, 11) is 1.54. The van der Waals surface area contributed by atoms with Crippen LogP contribution in [0.3, 0.4) is 0 Å². The van der Waals surface area contributed by atoms with E-state index in [1.54, 1.807) is 18.2 Å². The Balaban J connectivity index is 2.89. The Morgan fingerprint density at radius 3 is 2.60 bits per heavy atom. The largest absolute Gasteiger partial charge is 0.496 e. The zero-order chi connectivity index (χ0) is 15.1. The minimum atomic E-state index is -0.972. The van der Waals surface area contributed by atoms with Crippen LogP contribution in [0.15, 0.2) is 18.2 Å². The third-order valence-corrected chi connectivity index (χ3v) is 2.66. The van der Waals surface area contributed by atoms with Crippen molar-refractivity contribution < 1.29 is 23.8 Å². The summed E-state index contributed by atoms with van der Waals surface area (Å²) in [5, 5.41) is 0. The van der Waals surface area contributed by atoms with Gasteiger partial charge >= 0.3 is 5.97 Å². The van der Waals surface area contributed by atoms with Gasteiger partial charge in [0.05, 0.1) is 19.3 Å². The predicted molar refractivity (Wildman–Crippen MR) is 72.4 cm³/mol. The van der Waals surface area contributed by atoms with E-state index < -0.39 is 18.0 Å². The Morgan fingerprint density at radius 1 is 1.35 bits per heavy atom. The topological polar surface area (TPSA) is 87.9 Å². The van der Waals surface area contributed by atoms with Crippen molar-refractivity contribution in [1.82, 2.24) is 0 Å². The molecule has 1 aromatic rings. The quantitative estimate of drug-likeness (QED) is 0.760. The molecule has 0 fully saturated rings. The van der Waals surface area contributed by atoms with Gasteiger partial charge in [0, 0.05) is 12.2 Å². The van der Waals surface area contributed by atoms with Gasteiger partial charge in [-0.15, -0.1) is 0 Å². The number of amides is 1. The van der Waals surface area contributed by atoms with Gasteiger partial charge in [-0.05, 0) is 32.0 Å². The molecule has 1 amide bonds. The number of hydrogen-bond donors (Lipinski definition) is 1. The van der Waals surface area contributed by atoms with Crippen LogP contribution in [-0.2, 0) is 20.9 Å². The van der Waals surface area contributed by atoms with Gasteiger partial charge in [-0.2, -0.15) is 0 Å². The van der Waals surface area contributed by atoms with Crippen molar-refractivity contribution in [2.24, 2.45) is 5.73 Å². The Morgan fingerprint density at radius 2 is 2.05 bits per heavy atom. The molecular weight excluding hydrogens is 262 g/mol. The molecule has 0 aliphatic carbocycles. The van der Waals surface area contributed by atoms with Crippen molar-refractivity contribution in [3.8, 4) is 5.75 Å². The fourth-order valence-electron chi connectivity index (χ4n) is 1.52. The average molecular weight is 281 g/mol. The number of carbonyl (C=O) groups is 2. The normalized spacial score (nSPS) is 11.8. The van der Waals surface area contributed by atoms with Gasteiger partial charge in [0.25, 0.3) is 5.91 Å². The highest BCUT2D eigenvalue weighted by Crippen LogP contribution is 2.21. The number of hydrogen-bond acceptors (Lipinski definition) is 5. The van der Waals surface area contributed by atoms with Gasteiger partial charge in [0.15, 0.2) is 6.10 Å². The molecule has 0 aromatic heterocycles. The molecule has 2 N–H and O–H groups in total. The lowest BCUT2D eigenvalue weighted by molar-refractivity contribution is -0.125. The maximum absolute atomic E-state index is 11.9. The fraction of sp³-hybridized carbons (Fsp3) is 0.429. The van der Waals surface area contributed by atoms with Crippen molar-refractivity contribution in [2.75, 3.05) is 13.7 Å². The molecule has 0 aliphatic heterocycles. The van der Waals surface area contributed by atoms with Crippen molar-refractivity contribution in [3.63, 3.8) is 0 Å². The molecule has 6 heteroatoms. The van der Waals surface area contributed by atoms with E-state index in [9.17, 15) is 9.59 Å². The van der Waals surface area contributed by atoms with Gasteiger partial charge in [0.1, 0.15) is 5.75 Å². The predicted octanol–water partition coefficient (Wildman–Crippen LogP) is 1.26. The molecular formula is C14H19NO5. The van der Waals surface area contributed by atoms with Crippen LogP contribution in [0.1, 0.15) is 29.8 Å². The first kappa shape index (κ1) is 16.0. The molecule has 1 rings (SSSR count). The van der Waals surface area contributed by atoms with E-state index in [2.05, 4.69) is 0 Å². The second-order valence-corrected chi connectivity index (χ2v) is 4.11. The van der Waals surface area contributed by atoms with Crippen LogP contribution in [0.2, 0.25) is 0 Å². The van der Waals surface area contributed by atoms with Crippen molar-refractivity contribution in [1.29, 1.82) is 0 Å². The SMILES string of the molecule is CCOCc1cc(C(=O)O[C@@H](C)C(N)=O)ccc1OC. The summed E-state index contributed by atoms with van der Waals surface area (Å²) >= 11 is 0. The highest BCUT2D eigenvalue weighted by atomic mass is 16.5. The summed E-state index contributed by atoms with van der Waals surface area (Å²) in [5.41, 5.74) is 6.09. The lowest BCUT2D eigenvalue weighted by Crippen LogP contribution is -2.30. The van der Waals surface area contributed by atoms with Crippen molar-refractivity contribution >= 4 is 11.9 Å². The molecule has 1 aromatic carbocycles. The van der Waals surface area contributed by atoms with Crippen molar-refractivity contribution in [2.45, 2.75) is 26.6 Å². The van der Waals surface area contributed by atoms with Crippen LogP contribution in [0, 0.1) is 0 Å². The monoisotopic (exact) mass is 281 g/mol. The van der Waals surface area contributed by atoms with Gasteiger partial charge < -0.3 is 19.9 Å². The van der Waals surface area contributed by atoms with E-state index in [1.807, 2.05) is 6.92 Å². The molecule has 0 spiro atoms. The summed E-state index contributed by atoms with van der Waals surface area (Å²) < 4.78 is 15.4. The zero-order valence-corrected chi connectivity index (χ0v) is 11.8. The minimum Gasteiger partial charge on any atom is -0.496 e. The Labute approximate surface area is 117 Å². The lowest BCUT2D eigenvalue weighted by atomic mass is 10.1. The van der Waals surface area contributed by atoms with E-state index in [-0.39, 0.29) is 0 Å². The third-order valence-electron chi connectivity index (χ3n) is 2.66. The zero-order valence-electron chi connectivity index (χ0n) is 11.8. The van der Waals surface area contributed by atoms with Crippen LogP contribution in [0.25, 0.3) is 0 Å². The number of carbonyl (C=O) groups excluding carboxylic acids is 2. The maximum atomic E-state index is 11.9. The summed E-state index contributed by atoms with van der Waals surface area (Å²) in [5.74, 6) is -0.684. The highest BCUT2D eigenvalue weighted by molar-refractivity contribution is 5.92. The molecule has 6 nitrogen and oxygen atoms in total. The summed E-state index contributed by atoms with van der Waals surface area (Å²) in [6.45, 7) is 4.17. The van der Waals surface area contributed by atoms with E-state index in [0.29, 0.717) is 24.5 Å². The highest BCUT2D eigenvalue weighted by Gasteiger charge is 2.17. The van der Waals surface area contributed by atoms with Gasteiger partial charge in [-0.3, -0.25) is 4.79 Å². The first-order chi connectivity index (χ1) is 9.49.